The third-order valence-electron chi connectivity index (χ3n) is 8.42. The van der Waals surface area contributed by atoms with Gasteiger partial charge in [0.05, 0.1) is 30.3 Å². The summed E-state index contributed by atoms with van der Waals surface area (Å²) in [6.45, 7) is 5.82. The minimum atomic E-state index is 0.0810. The van der Waals surface area contributed by atoms with Gasteiger partial charge in [0.2, 0.25) is 11.9 Å². The minimum Gasteiger partial charge on any atom is -0.404 e. The lowest BCUT2D eigenvalue weighted by molar-refractivity contribution is -0.133. The zero-order chi connectivity index (χ0) is 28.3. The van der Waals surface area contributed by atoms with Crippen molar-refractivity contribution < 1.29 is 9.53 Å². The van der Waals surface area contributed by atoms with E-state index in [9.17, 15) is 4.79 Å². The van der Waals surface area contributed by atoms with Gasteiger partial charge in [-0.3, -0.25) is 14.5 Å². The number of nitrogens with zero attached hydrogens (tertiary/aromatic N) is 9. The summed E-state index contributed by atoms with van der Waals surface area (Å²) in [5, 5.41) is 12.3. The molecule has 1 aliphatic carbocycles. The van der Waals surface area contributed by atoms with E-state index < -0.39 is 0 Å². The summed E-state index contributed by atoms with van der Waals surface area (Å²) >= 11 is 0. The molecular formula is C28H39N11O2. The van der Waals surface area contributed by atoms with Crippen LogP contribution in [-0.4, -0.2) is 112 Å². The molecular weight excluding hydrogens is 522 g/mol. The second-order valence-electron chi connectivity index (χ2n) is 11.2. The molecule has 3 aliphatic rings. The molecule has 3 aromatic rings. The fourth-order valence-corrected chi connectivity index (χ4v) is 6.26. The Kier molecular flexibility index (Phi) is 7.88. The first-order valence-electron chi connectivity index (χ1n) is 14.3. The number of nitrogens with two attached hydrogens (primary N) is 1. The number of pyridine rings is 1. The van der Waals surface area contributed by atoms with Crippen molar-refractivity contribution in [1.29, 1.82) is 0 Å². The highest BCUT2D eigenvalue weighted by Gasteiger charge is 2.43. The summed E-state index contributed by atoms with van der Waals surface area (Å²) in [6, 6.07) is 4.12. The van der Waals surface area contributed by atoms with E-state index in [1.807, 2.05) is 27.9 Å². The molecule has 2 bridgehead atoms. The van der Waals surface area contributed by atoms with Crippen molar-refractivity contribution in [3.8, 4) is 0 Å². The van der Waals surface area contributed by atoms with Crippen LogP contribution in [0, 0.1) is 11.8 Å². The van der Waals surface area contributed by atoms with Crippen molar-refractivity contribution in [2.75, 3.05) is 70.2 Å². The lowest BCUT2D eigenvalue weighted by atomic mass is 9.94. The molecule has 1 amide bonds. The number of piperidine rings is 1. The highest BCUT2D eigenvalue weighted by Crippen LogP contribution is 2.41. The molecule has 1 unspecified atom stereocenters. The Morgan fingerprint density at radius 2 is 2.00 bits per heavy atom. The smallest absolute Gasteiger partial charge is 0.247 e. The first-order valence-corrected chi connectivity index (χ1v) is 14.3. The predicted molar refractivity (Wildman–Crippen MR) is 157 cm³/mol. The highest BCUT2D eigenvalue weighted by atomic mass is 16.5. The number of piperazine rings is 1. The molecule has 1 saturated carbocycles. The Bertz CT molecular complexity index is 1410. The minimum absolute atomic E-state index is 0.0810. The third kappa shape index (κ3) is 5.91. The largest absolute Gasteiger partial charge is 0.404 e. The van der Waals surface area contributed by atoms with Crippen LogP contribution in [0.5, 0.6) is 0 Å². The molecule has 13 heteroatoms. The molecule has 3 atom stereocenters. The maximum Gasteiger partial charge on any atom is 0.247 e. The van der Waals surface area contributed by atoms with Gasteiger partial charge in [0.25, 0.3) is 0 Å². The lowest BCUT2D eigenvalue weighted by Gasteiger charge is -2.39. The number of carbonyl (C=O) groups is 1. The summed E-state index contributed by atoms with van der Waals surface area (Å²) in [4.78, 5) is 28.1. The van der Waals surface area contributed by atoms with Gasteiger partial charge in [-0.2, -0.15) is 10.1 Å². The quantitative estimate of drug-likeness (QED) is 0.370. The van der Waals surface area contributed by atoms with E-state index >= 15 is 0 Å². The van der Waals surface area contributed by atoms with Gasteiger partial charge in [-0.15, -0.1) is 5.10 Å². The summed E-state index contributed by atoms with van der Waals surface area (Å²) in [7, 11) is 3.82. The number of ether oxygens (including phenoxy) is 1. The second kappa shape index (κ2) is 11.9. The van der Waals surface area contributed by atoms with Gasteiger partial charge in [-0.05, 0) is 32.0 Å². The number of anilines is 3. The van der Waals surface area contributed by atoms with E-state index in [0.717, 1.165) is 74.7 Å². The predicted octanol–water partition coefficient (Wildman–Crippen LogP) is 1.22. The zero-order valence-electron chi connectivity index (χ0n) is 23.8. The molecule has 0 radical (unpaired) electrons. The van der Waals surface area contributed by atoms with Crippen LogP contribution in [0.4, 0.5) is 17.3 Å². The number of rotatable bonds is 9. The summed E-state index contributed by atoms with van der Waals surface area (Å²) in [5.41, 5.74) is 9.24. The Morgan fingerprint density at radius 3 is 2.73 bits per heavy atom. The summed E-state index contributed by atoms with van der Waals surface area (Å²) < 4.78 is 9.81. The van der Waals surface area contributed by atoms with E-state index in [4.69, 9.17) is 15.5 Å². The molecule has 41 heavy (non-hydrogen) atoms. The van der Waals surface area contributed by atoms with Crippen molar-refractivity contribution in [2.45, 2.75) is 25.5 Å². The van der Waals surface area contributed by atoms with Crippen molar-refractivity contribution in [2.24, 2.45) is 22.6 Å². The molecule has 2 aliphatic heterocycles. The maximum absolute atomic E-state index is 12.7. The number of aromatic nitrogens is 5. The maximum atomic E-state index is 12.7. The van der Waals surface area contributed by atoms with Gasteiger partial charge in [-0.25, -0.2) is 4.52 Å². The standard InChI is InChI=1S/C28H39N11O2/c1-30-13-20(12-29)19-41-26-21-5-6-22(26)16-37(15-21)24-4-3-7-39-27(24)33-28(34-39)32-23-14-31-38(17-23)18-25(40)36-10-8-35(2)9-11-36/h3-4,7,12-14,17,21-22,26H,5-6,8-11,15-16,18-19,29H2,1-2H3,(H,32,34)/t21-,22+,26?. The molecule has 218 valence electrons. The monoisotopic (exact) mass is 561 g/mol. The molecule has 2 saturated heterocycles. The fourth-order valence-electron chi connectivity index (χ4n) is 6.26. The fraction of sp³-hybridized carbons (Fsp3) is 0.536. The van der Waals surface area contributed by atoms with Crippen LogP contribution in [0.25, 0.3) is 5.65 Å². The van der Waals surface area contributed by atoms with Gasteiger partial charge in [0, 0.05) is 88.5 Å². The van der Waals surface area contributed by atoms with Crippen LogP contribution in [0.15, 0.2) is 47.5 Å². The molecule has 3 fully saturated rings. The Morgan fingerprint density at radius 1 is 1.22 bits per heavy atom. The van der Waals surface area contributed by atoms with Crippen LogP contribution in [-0.2, 0) is 16.1 Å². The average Bonchev–Trinajstić information content (AvgIpc) is 3.66. The van der Waals surface area contributed by atoms with Crippen molar-refractivity contribution in [1.82, 2.24) is 34.2 Å². The molecule has 5 heterocycles. The van der Waals surface area contributed by atoms with E-state index in [1.54, 1.807) is 30.3 Å². The highest BCUT2D eigenvalue weighted by molar-refractivity contribution is 5.78. The van der Waals surface area contributed by atoms with Gasteiger partial charge < -0.3 is 30.5 Å². The number of carbonyl (C=O) groups excluding carboxylic acids is 1. The van der Waals surface area contributed by atoms with Crippen LogP contribution in [0.2, 0.25) is 0 Å². The van der Waals surface area contributed by atoms with Gasteiger partial charge in [0.1, 0.15) is 6.54 Å². The number of nitrogens with one attached hydrogen (secondary N) is 1. The lowest BCUT2D eigenvalue weighted by Crippen LogP contribution is -2.48. The summed E-state index contributed by atoms with van der Waals surface area (Å²) in [5.74, 6) is 1.47. The number of likely N-dealkylation sites (N-methyl/N-ethyl adjacent to an activating group) is 1. The normalized spacial score (nSPS) is 23.7. The molecule has 0 aromatic carbocycles. The molecule has 3 aromatic heterocycles. The van der Waals surface area contributed by atoms with Crippen LogP contribution in [0.3, 0.4) is 0 Å². The van der Waals surface area contributed by atoms with Gasteiger partial charge in [-0.1, -0.05) is 0 Å². The number of hydrogen-bond donors (Lipinski definition) is 2. The topological polar surface area (TPSA) is 134 Å². The molecule has 6 rings (SSSR count). The Hall–Kier alpha value is -3.97. The van der Waals surface area contributed by atoms with Gasteiger partial charge >= 0.3 is 0 Å². The Labute approximate surface area is 239 Å². The first-order chi connectivity index (χ1) is 20.0. The Balaban J connectivity index is 1.10. The number of fused-ring (bicyclic) bond motifs is 3. The molecule has 13 nitrogen and oxygen atoms in total. The van der Waals surface area contributed by atoms with Crippen molar-refractivity contribution >= 4 is 35.1 Å². The van der Waals surface area contributed by atoms with Crippen LogP contribution in [0.1, 0.15) is 12.8 Å². The van der Waals surface area contributed by atoms with E-state index in [1.165, 1.54) is 0 Å². The van der Waals surface area contributed by atoms with Crippen LogP contribution < -0.4 is 16.0 Å². The number of amides is 1. The summed E-state index contributed by atoms with van der Waals surface area (Å²) in [6.07, 6.45) is 11.3. The molecule has 3 N–H and O–H groups in total. The van der Waals surface area contributed by atoms with Gasteiger partial charge in [0.15, 0.2) is 5.65 Å². The van der Waals surface area contributed by atoms with E-state index in [0.29, 0.717) is 24.4 Å². The van der Waals surface area contributed by atoms with Crippen LogP contribution >= 0.6 is 0 Å². The van der Waals surface area contributed by atoms with E-state index in [-0.39, 0.29) is 18.6 Å². The number of aliphatic imine (C=N–C) groups is 1. The first kappa shape index (κ1) is 27.2. The van der Waals surface area contributed by atoms with E-state index in [2.05, 4.69) is 43.4 Å². The third-order valence-corrected chi connectivity index (χ3v) is 8.42. The average molecular weight is 562 g/mol. The second-order valence-corrected chi connectivity index (χ2v) is 11.2. The number of hydrogen-bond acceptors (Lipinski definition) is 10. The van der Waals surface area contributed by atoms with Crippen molar-refractivity contribution in [3.63, 3.8) is 0 Å². The SMILES string of the molecule is CN=CC(=CN)COC1[C@@H]2CC[C@H]1CN(c1cccn3nc(Nc4cnn(CC(=O)N5CCN(C)CC5)c4)nc13)C2. The van der Waals surface area contributed by atoms with Crippen molar-refractivity contribution in [3.05, 3.63) is 42.5 Å². The molecule has 0 spiro atoms. The zero-order valence-corrected chi connectivity index (χ0v) is 23.8.